The van der Waals surface area contributed by atoms with Crippen molar-refractivity contribution in [2.75, 3.05) is 0 Å². The van der Waals surface area contributed by atoms with Crippen LogP contribution in [-0.4, -0.2) is 11.4 Å². The highest BCUT2D eigenvalue weighted by molar-refractivity contribution is 6.46. The minimum Gasteiger partial charge on any atom is -0.247 e. The quantitative estimate of drug-likeness (QED) is 0.240. The molecule has 0 saturated carbocycles. The fraction of sp³-hybridized carbons (Fsp3) is 0.171. The standard InChI is InChI=1S/C41H34N2/c1-22-17-34-32(38-36(28-13-9-7-10-14-28)24(3)26(5)40(38)42-34)20-30(22)19-31-21-33-35(18-23(31)2)43-41-27(6)25(4)37(39(33)41)29-15-11-8-12-16-29/h7-18,20-21H,19H2,1-6H3. The van der Waals surface area contributed by atoms with E-state index in [1.807, 2.05) is 0 Å². The van der Waals surface area contributed by atoms with Crippen LogP contribution in [0.25, 0.3) is 22.3 Å². The van der Waals surface area contributed by atoms with Gasteiger partial charge < -0.3 is 0 Å². The molecule has 0 fully saturated rings. The van der Waals surface area contributed by atoms with Gasteiger partial charge in [-0.25, -0.2) is 9.98 Å². The Morgan fingerprint density at radius 3 is 1.23 bits per heavy atom. The molecular weight excluding hydrogens is 520 g/mol. The van der Waals surface area contributed by atoms with E-state index in [2.05, 4.69) is 126 Å². The van der Waals surface area contributed by atoms with Crippen LogP contribution in [0, 0.1) is 13.8 Å². The molecule has 2 nitrogen and oxygen atoms in total. The first-order valence-electron chi connectivity index (χ1n) is 15.2. The first-order chi connectivity index (χ1) is 20.8. The van der Waals surface area contributed by atoms with Gasteiger partial charge in [0.15, 0.2) is 0 Å². The lowest BCUT2D eigenvalue weighted by Crippen LogP contribution is -1.99. The van der Waals surface area contributed by atoms with Crippen molar-refractivity contribution in [1.29, 1.82) is 0 Å². The van der Waals surface area contributed by atoms with Gasteiger partial charge in [0.25, 0.3) is 0 Å². The number of allylic oxidation sites excluding steroid dienone is 8. The molecule has 208 valence electrons. The summed E-state index contributed by atoms with van der Waals surface area (Å²) >= 11 is 0. The van der Waals surface area contributed by atoms with Crippen molar-refractivity contribution in [2.45, 2.75) is 48.0 Å². The first kappa shape index (κ1) is 25.9. The highest BCUT2D eigenvalue weighted by Crippen LogP contribution is 2.51. The molecule has 0 unspecified atom stereocenters. The minimum absolute atomic E-state index is 0.877. The molecule has 2 heterocycles. The van der Waals surface area contributed by atoms with E-state index in [9.17, 15) is 0 Å². The zero-order valence-corrected chi connectivity index (χ0v) is 25.7. The normalized spacial score (nSPS) is 16.6. The summed E-state index contributed by atoms with van der Waals surface area (Å²) in [5, 5.41) is 0. The summed E-state index contributed by atoms with van der Waals surface area (Å²) in [6.45, 7) is 13.4. The van der Waals surface area contributed by atoms with Crippen LogP contribution in [0.4, 0.5) is 11.4 Å². The Morgan fingerprint density at radius 2 is 0.837 bits per heavy atom. The van der Waals surface area contributed by atoms with E-state index in [-0.39, 0.29) is 0 Å². The van der Waals surface area contributed by atoms with Crippen molar-refractivity contribution in [3.05, 3.63) is 152 Å². The fourth-order valence-electron chi connectivity index (χ4n) is 7.34. The van der Waals surface area contributed by atoms with E-state index in [1.165, 1.54) is 89.1 Å². The van der Waals surface area contributed by atoms with Crippen LogP contribution in [-0.2, 0) is 6.42 Å². The Balaban J connectivity index is 1.23. The average Bonchev–Trinajstić information content (AvgIpc) is 3.69. The van der Waals surface area contributed by atoms with Gasteiger partial charge in [-0.1, -0.05) is 60.7 Å². The highest BCUT2D eigenvalue weighted by Gasteiger charge is 2.35. The third-order valence-electron chi connectivity index (χ3n) is 9.98. The predicted molar refractivity (Wildman–Crippen MR) is 183 cm³/mol. The summed E-state index contributed by atoms with van der Waals surface area (Å²) in [5.74, 6) is 0. The summed E-state index contributed by atoms with van der Waals surface area (Å²) in [6.07, 6.45) is 0.877. The number of fused-ring (bicyclic) bond motifs is 6. The Morgan fingerprint density at radius 1 is 0.442 bits per heavy atom. The Bertz CT molecular complexity index is 1960. The summed E-state index contributed by atoms with van der Waals surface area (Å²) in [4.78, 5) is 10.3. The van der Waals surface area contributed by atoms with Gasteiger partial charge in [0.05, 0.1) is 22.8 Å². The first-order valence-corrected chi connectivity index (χ1v) is 15.2. The third kappa shape index (κ3) is 3.72. The lowest BCUT2D eigenvalue weighted by molar-refractivity contribution is 1.12. The number of aliphatic imine (C=N–C) groups is 2. The van der Waals surface area contributed by atoms with Crippen LogP contribution in [0.1, 0.15) is 72.2 Å². The second kappa shape index (κ2) is 9.34. The lowest BCUT2D eigenvalue weighted by atomic mass is 9.88. The number of rotatable bonds is 4. The van der Waals surface area contributed by atoms with Crippen LogP contribution >= 0.6 is 0 Å². The van der Waals surface area contributed by atoms with Crippen LogP contribution in [0.2, 0.25) is 0 Å². The van der Waals surface area contributed by atoms with Crippen molar-refractivity contribution in [1.82, 2.24) is 0 Å². The zero-order chi connectivity index (χ0) is 29.6. The van der Waals surface area contributed by atoms with Gasteiger partial charge in [-0.3, -0.25) is 0 Å². The van der Waals surface area contributed by atoms with Crippen molar-refractivity contribution in [2.24, 2.45) is 9.98 Å². The van der Waals surface area contributed by atoms with Crippen LogP contribution < -0.4 is 0 Å². The molecule has 0 aromatic heterocycles. The largest absolute Gasteiger partial charge is 0.247 e. The number of hydrogen-bond acceptors (Lipinski definition) is 2. The SMILES string of the molecule is CC1=C(C)C(c2ccccc2)=C2C1=Nc1cc(C)c(Cc3cc4c(cc3C)N=C3C(C)=C(C)C(c5ccccc5)=C34)cc12. The van der Waals surface area contributed by atoms with Crippen molar-refractivity contribution in [3.63, 3.8) is 0 Å². The Hall–Kier alpha value is -4.82. The molecule has 0 saturated heterocycles. The van der Waals surface area contributed by atoms with E-state index in [0.29, 0.717) is 0 Å². The van der Waals surface area contributed by atoms with Gasteiger partial charge in [-0.2, -0.15) is 0 Å². The molecule has 2 aliphatic carbocycles. The topological polar surface area (TPSA) is 24.7 Å². The summed E-state index contributed by atoms with van der Waals surface area (Å²) in [6, 6.07) is 31.0. The van der Waals surface area contributed by atoms with Crippen molar-refractivity contribution >= 4 is 45.1 Å². The average molecular weight is 555 g/mol. The summed E-state index contributed by atoms with van der Waals surface area (Å²) in [7, 11) is 0. The molecule has 0 amide bonds. The molecule has 2 heteroatoms. The van der Waals surface area contributed by atoms with E-state index < -0.39 is 0 Å². The second-order valence-electron chi connectivity index (χ2n) is 12.4. The Kier molecular flexibility index (Phi) is 5.62. The fourth-order valence-corrected chi connectivity index (χ4v) is 7.34. The molecule has 0 N–H and O–H groups in total. The smallest absolute Gasteiger partial charge is 0.0754 e. The minimum atomic E-state index is 0.877. The van der Waals surface area contributed by atoms with Gasteiger partial charge in [-0.15, -0.1) is 0 Å². The van der Waals surface area contributed by atoms with Gasteiger partial charge in [0.1, 0.15) is 0 Å². The van der Waals surface area contributed by atoms with Crippen molar-refractivity contribution in [3.8, 4) is 0 Å². The molecule has 0 spiro atoms. The van der Waals surface area contributed by atoms with E-state index in [1.54, 1.807) is 0 Å². The van der Waals surface area contributed by atoms with Gasteiger partial charge >= 0.3 is 0 Å². The van der Waals surface area contributed by atoms with Gasteiger partial charge in [0, 0.05) is 22.3 Å². The van der Waals surface area contributed by atoms with Crippen LogP contribution in [0.3, 0.4) is 0 Å². The van der Waals surface area contributed by atoms with Gasteiger partial charge in [-0.05, 0) is 139 Å². The number of hydrogen-bond donors (Lipinski definition) is 0. The summed E-state index contributed by atoms with van der Waals surface area (Å²) < 4.78 is 0. The third-order valence-corrected chi connectivity index (χ3v) is 9.98. The second-order valence-corrected chi connectivity index (χ2v) is 12.4. The van der Waals surface area contributed by atoms with Crippen LogP contribution in [0.5, 0.6) is 0 Å². The molecule has 0 radical (unpaired) electrons. The number of aryl methyl sites for hydroxylation is 2. The van der Waals surface area contributed by atoms with Crippen LogP contribution in [0.15, 0.2) is 117 Å². The number of benzene rings is 4. The summed E-state index contributed by atoms with van der Waals surface area (Å²) in [5.41, 5.74) is 25.3. The maximum absolute atomic E-state index is 5.16. The van der Waals surface area contributed by atoms with Crippen molar-refractivity contribution < 1.29 is 0 Å². The molecule has 2 aliphatic heterocycles. The van der Waals surface area contributed by atoms with Gasteiger partial charge in [0.2, 0.25) is 0 Å². The molecule has 4 aromatic carbocycles. The highest BCUT2D eigenvalue weighted by atomic mass is 14.8. The maximum atomic E-state index is 5.16. The molecule has 43 heavy (non-hydrogen) atoms. The number of nitrogens with zero attached hydrogens (tertiary/aromatic N) is 2. The van der Waals surface area contributed by atoms with E-state index in [0.717, 1.165) is 29.2 Å². The maximum Gasteiger partial charge on any atom is 0.0754 e. The lowest BCUT2D eigenvalue weighted by Gasteiger charge is -2.15. The molecule has 4 aliphatic rings. The molecule has 8 rings (SSSR count). The predicted octanol–water partition coefficient (Wildman–Crippen LogP) is 10.6. The monoisotopic (exact) mass is 554 g/mol. The molecule has 0 atom stereocenters. The molecule has 4 aromatic rings. The Labute approximate surface area is 254 Å². The molecule has 0 bridgehead atoms. The van der Waals surface area contributed by atoms with E-state index in [4.69, 9.17) is 9.98 Å². The molecular formula is C41H34N2. The zero-order valence-electron chi connectivity index (χ0n) is 25.7. The van der Waals surface area contributed by atoms with E-state index >= 15 is 0 Å².